The maximum absolute atomic E-state index is 12.3. The maximum atomic E-state index is 12.3. The molecule has 2 N–H and O–H groups in total. The van der Waals surface area contributed by atoms with Crippen LogP contribution in [0.4, 0.5) is 0 Å². The van der Waals surface area contributed by atoms with Gasteiger partial charge >= 0.3 is 0 Å². The average Bonchev–Trinajstić information content (AvgIpc) is 2.27. The summed E-state index contributed by atoms with van der Waals surface area (Å²) >= 11 is 0. The molecule has 1 aliphatic heterocycles. The third-order valence-electron chi connectivity index (χ3n) is 3.72. The van der Waals surface area contributed by atoms with Crippen LogP contribution in [0.2, 0.25) is 0 Å². The molecule has 104 valence electrons. The average molecular weight is 252 g/mol. The van der Waals surface area contributed by atoms with E-state index < -0.39 is 5.54 Å². The van der Waals surface area contributed by atoms with Gasteiger partial charge in [0.2, 0.25) is 5.91 Å². The number of amides is 1. The Morgan fingerprint density at radius 1 is 1.39 bits per heavy atom. The molecule has 0 spiro atoms. The predicted octanol–water partition coefficient (Wildman–Crippen LogP) is 2.71. The molecule has 1 atom stereocenters. The van der Waals surface area contributed by atoms with Gasteiger partial charge in [-0.15, -0.1) is 0 Å². The molecule has 1 aliphatic rings. The van der Waals surface area contributed by atoms with Crippen LogP contribution in [0.15, 0.2) is 11.6 Å². The fourth-order valence-corrected chi connectivity index (χ4v) is 2.52. The van der Waals surface area contributed by atoms with E-state index in [-0.39, 0.29) is 11.3 Å². The minimum absolute atomic E-state index is 0.0913. The second-order valence-electron chi connectivity index (χ2n) is 6.65. The molecule has 0 saturated carbocycles. The minimum Gasteiger partial charge on any atom is -0.337 e. The summed E-state index contributed by atoms with van der Waals surface area (Å²) in [6.45, 7) is 12.1. The van der Waals surface area contributed by atoms with Crippen molar-refractivity contribution in [3.63, 3.8) is 0 Å². The smallest absolute Gasteiger partial charge is 0.242 e. The van der Waals surface area contributed by atoms with E-state index in [4.69, 9.17) is 5.73 Å². The molecule has 0 bridgehead atoms. The summed E-state index contributed by atoms with van der Waals surface area (Å²) in [5.74, 6) is 0.0913. The molecule has 3 nitrogen and oxygen atoms in total. The first-order chi connectivity index (χ1) is 8.18. The first-order valence-corrected chi connectivity index (χ1v) is 6.96. The molecular formula is C15H28N2O. The van der Waals surface area contributed by atoms with E-state index in [1.807, 2.05) is 11.8 Å². The van der Waals surface area contributed by atoms with Crippen LogP contribution in [-0.2, 0) is 4.79 Å². The quantitative estimate of drug-likeness (QED) is 0.785. The van der Waals surface area contributed by atoms with E-state index in [0.29, 0.717) is 6.54 Å². The van der Waals surface area contributed by atoms with Crippen molar-refractivity contribution in [2.24, 2.45) is 11.1 Å². The highest BCUT2D eigenvalue weighted by molar-refractivity contribution is 5.86. The van der Waals surface area contributed by atoms with Crippen LogP contribution in [0.5, 0.6) is 0 Å². The maximum Gasteiger partial charge on any atom is 0.242 e. The van der Waals surface area contributed by atoms with Gasteiger partial charge in [-0.2, -0.15) is 0 Å². The summed E-state index contributed by atoms with van der Waals surface area (Å²) in [5.41, 5.74) is 7.06. The van der Waals surface area contributed by atoms with Crippen LogP contribution in [0, 0.1) is 5.41 Å². The normalized spacial score (nSPS) is 20.3. The fraction of sp³-hybridized carbons (Fsp3) is 0.800. The monoisotopic (exact) mass is 252 g/mol. The van der Waals surface area contributed by atoms with E-state index in [2.05, 4.69) is 33.8 Å². The first-order valence-electron chi connectivity index (χ1n) is 6.96. The number of hydrogen-bond donors (Lipinski definition) is 1. The summed E-state index contributed by atoms with van der Waals surface area (Å²) < 4.78 is 0. The van der Waals surface area contributed by atoms with Crippen molar-refractivity contribution in [3.8, 4) is 0 Å². The Balaban J connectivity index is 2.69. The second kappa shape index (κ2) is 5.43. The first kappa shape index (κ1) is 15.2. The minimum atomic E-state index is -0.707. The van der Waals surface area contributed by atoms with Crippen LogP contribution in [-0.4, -0.2) is 29.4 Å². The molecule has 18 heavy (non-hydrogen) atoms. The lowest BCUT2D eigenvalue weighted by Crippen LogP contribution is -2.54. The van der Waals surface area contributed by atoms with Gasteiger partial charge in [0.25, 0.3) is 0 Å². The van der Waals surface area contributed by atoms with E-state index in [0.717, 1.165) is 25.8 Å². The highest BCUT2D eigenvalue weighted by atomic mass is 16.2. The van der Waals surface area contributed by atoms with Crippen molar-refractivity contribution in [1.29, 1.82) is 0 Å². The van der Waals surface area contributed by atoms with E-state index >= 15 is 0 Å². The molecule has 1 unspecified atom stereocenters. The topological polar surface area (TPSA) is 46.3 Å². The Morgan fingerprint density at radius 3 is 2.39 bits per heavy atom. The van der Waals surface area contributed by atoms with E-state index in [1.165, 1.54) is 5.57 Å². The number of carbonyl (C=O) groups excluding carboxylic acids is 1. The molecular weight excluding hydrogens is 224 g/mol. The Labute approximate surface area is 111 Å². The number of hydrogen-bond acceptors (Lipinski definition) is 2. The standard InChI is InChI=1S/C15H28N2O/c1-6-9-15(5,16)13(18)17-10-7-12(8-11-17)14(2,3)4/h7H,6,8-11,16H2,1-5H3. The number of carbonyl (C=O) groups is 1. The van der Waals surface area contributed by atoms with Gasteiger partial charge in [-0.3, -0.25) is 4.79 Å². The lowest BCUT2D eigenvalue weighted by molar-refractivity contribution is -0.136. The Kier molecular flexibility index (Phi) is 4.60. The molecule has 0 radical (unpaired) electrons. The zero-order valence-electron chi connectivity index (χ0n) is 12.5. The summed E-state index contributed by atoms with van der Waals surface area (Å²) in [6, 6.07) is 0. The molecule has 0 saturated heterocycles. The largest absolute Gasteiger partial charge is 0.337 e. The number of nitrogens with two attached hydrogens (primary N) is 1. The molecule has 0 aromatic heterocycles. The highest BCUT2D eigenvalue weighted by Gasteiger charge is 2.33. The van der Waals surface area contributed by atoms with Crippen LogP contribution in [0.3, 0.4) is 0 Å². The van der Waals surface area contributed by atoms with Crippen molar-refractivity contribution >= 4 is 5.91 Å². The van der Waals surface area contributed by atoms with Gasteiger partial charge in [-0.05, 0) is 25.2 Å². The van der Waals surface area contributed by atoms with Crippen LogP contribution in [0.1, 0.15) is 53.9 Å². The third kappa shape index (κ3) is 3.58. The van der Waals surface area contributed by atoms with Crippen molar-refractivity contribution in [2.75, 3.05) is 13.1 Å². The Bertz CT molecular complexity index is 337. The molecule has 1 heterocycles. The van der Waals surface area contributed by atoms with Crippen molar-refractivity contribution < 1.29 is 4.79 Å². The van der Waals surface area contributed by atoms with Gasteiger partial charge in [0.1, 0.15) is 0 Å². The SMILES string of the molecule is CCCC(C)(N)C(=O)N1CC=C(C(C)(C)C)CC1. The lowest BCUT2D eigenvalue weighted by Gasteiger charge is -2.36. The predicted molar refractivity (Wildman–Crippen MR) is 76.2 cm³/mol. The highest BCUT2D eigenvalue weighted by Crippen LogP contribution is 2.30. The molecule has 3 heteroatoms. The summed E-state index contributed by atoms with van der Waals surface area (Å²) in [5, 5.41) is 0. The Hall–Kier alpha value is -0.830. The number of rotatable bonds is 3. The van der Waals surface area contributed by atoms with Gasteiger partial charge in [0, 0.05) is 13.1 Å². The van der Waals surface area contributed by atoms with E-state index in [1.54, 1.807) is 0 Å². The van der Waals surface area contributed by atoms with Crippen LogP contribution < -0.4 is 5.73 Å². The summed E-state index contributed by atoms with van der Waals surface area (Å²) in [6.07, 6.45) is 4.86. The molecule has 0 fully saturated rings. The molecule has 1 amide bonds. The molecule has 0 aromatic carbocycles. The third-order valence-corrected chi connectivity index (χ3v) is 3.72. The number of nitrogens with zero attached hydrogens (tertiary/aromatic N) is 1. The van der Waals surface area contributed by atoms with Gasteiger partial charge in [-0.1, -0.05) is 45.8 Å². The molecule has 0 aromatic rings. The van der Waals surface area contributed by atoms with Crippen molar-refractivity contribution in [1.82, 2.24) is 4.90 Å². The van der Waals surface area contributed by atoms with E-state index in [9.17, 15) is 4.79 Å². The zero-order chi connectivity index (χ0) is 14.0. The zero-order valence-corrected chi connectivity index (χ0v) is 12.5. The van der Waals surface area contributed by atoms with Gasteiger partial charge < -0.3 is 10.6 Å². The lowest BCUT2D eigenvalue weighted by atomic mass is 9.82. The molecule has 1 rings (SSSR count). The van der Waals surface area contributed by atoms with Gasteiger partial charge in [-0.25, -0.2) is 0 Å². The Morgan fingerprint density at radius 2 is 2.00 bits per heavy atom. The van der Waals surface area contributed by atoms with Crippen LogP contribution >= 0.6 is 0 Å². The summed E-state index contributed by atoms with van der Waals surface area (Å²) in [7, 11) is 0. The molecule has 0 aliphatic carbocycles. The fourth-order valence-electron chi connectivity index (χ4n) is 2.52. The van der Waals surface area contributed by atoms with Gasteiger partial charge in [0.05, 0.1) is 5.54 Å². The van der Waals surface area contributed by atoms with Crippen LogP contribution in [0.25, 0.3) is 0 Å². The van der Waals surface area contributed by atoms with Gasteiger partial charge in [0.15, 0.2) is 0 Å². The summed E-state index contributed by atoms with van der Waals surface area (Å²) in [4.78, 5) is 14.2. The van der Waals surface area contributed by atoms with Crippen molar-refractivity contribution in [2.45, 2.75) is 59.4 Å². The second-order valence-corrected chi connectivity index (χ2v) is 6.65. The van der Waals surface area contributed by atoms with Crippen molar-refractivity contribution in [3.05, 3.63) is 11.6 Å².